The number of carbonyl (C=O) groups excluding carboxylic acids is 1. The van der Waals surface area contributed by atoms with E-state index >= 15 is 0 Å². The first kappa shape index (κ1) is 12.5. The van der Waals surface area contributed by atoms with Gasteiger partial charge in [-0.15, -0.1) is 0 Å². The van der Waals surface area contributed by atoms with Gasteiger partial charge in [0.2, 0.25) is 0 Å². The van der Waals surface area contributed by atoms with Crippen LogP contribution in [0, 0.1) is 5.92 Å². The van der Waals surface area contributed by atoms with Crippen molar-refractivity contribution in [3.63, 3.8) is 0 Å². The molecule has 1 heterocycles. The van der Waals surface area contributed by atoms with Crippen LogP contribution < -0.4 is 5.32 Å². The van der Waals surface area contributed by atoms with Gasteiger partial charge in [0.15, 0.2) is 0 Å². The van der Waals surface area contributed by atoms with Gasteiger partial charge in [0.05, 0.1) is 5.92 Å². The van der Waals surface area contributed by atoms with Crippen LogP contribution >= 0.6 is 0 Å². The third-order valence-electron chi connectivity index (χ3n) is 3.23. The molecular weight excluding hydrogens is 234 g/mol. The molecule has 2 N–H and O–H groups in total. The molecule has 1 aliphatic carbocycles. The molecule has 0 bridgehead atoms. The highest BCUT2D eigenvalue weighted by molar-refractivity contribution is 5.92. The molecule has 96 valence electrons. The van der Waals surface area contributed by atoms with Gasteiger partial charge in [-0.05, 0) is 31.7 Å². The lowest BCUT2D eigenvalue weighted by molar-refractivity contribution is -0.142. The third-order valence-corrected chi connectivity index (χ3v) is 3.23. The summed E-state index contributed by atoms with van der Waals surface area (Å²) in [6, 6.07) is 1.60. The van der Waals surface area contributed by atoms with Crippen molar-refractivity contribution in [2.24, 2.45) is 5.92 Å². The Labute approximate surface area is 104 Å². The van der Waals surface area contributed by atoms with Gasteiger partial charge in [0.1, 0.15) is 12.0 Å². The Balaban J connectivity index is 1.85. The number of aliphatic carboxylic acids is 1. The van der Waals surface area contributed by atoms with Crippen LogP contribution in [0.5, 0.6) is 0 Å². The van der Waals surface area contributed by atoms with Gasteiger partial charge >= 0.3 is 5.97 Å². The Morgan fingerprint density at radius 3 is 2.56 bits per heavy atom. The lowest BCUT2D eigenvalue weighted by atomic mass is 9.86. The molecule has 1 saturated carbocycles. The van der Waals surface area contributed by atoms with Gasteiger partial charge in [-0.2, -0.15) is 0 Å². The number of carboxylic acid groups (broad SMARTS) is 1. The molecule has 0 spiro atoms. The van der Waals surface area contributed by atoms with Gasteiger partial charge in [0.25, 0.3) is 5.91 Å². The molecule has 2 rings (SSSR count). The van der Waals surface area contributed by atoms with Crippen LogP contribution in [0.25, 0.3) is 0 Å². The zero-order valence-corrected chi connectivity index (χ0v) is 9.87. The first-order valence-electron chi connectivity index (χ1n) is 5.96. The van der Waals surface area contributed by atoms with Crippen LogP contribution in [0.2, 0.25) is 0 Å². The molecule has 6 heteroatoms. The molecule has 0 aromatic carbocycles. The number of nitrogens with zero attached hydrogens (tertiary/aromatic N) is 2. The van der Waals surface area contributed by atoms with Crippen LogP contribution in [0.1, 0.15) is 36.2 Å². The Morgan fingerprint density at radius 1 is 1.28 bits per heavy atom. The predicted molar refractivity (Wildman–Crippen MR) is 62.9 cm³/mol. The van der Waals surface area contributed by atoms with Crippen molar-refractivity contribution in [3.8, 4) is 0 Å². The minimum absolute atomic E-state index is 0.0445. The van der Waals surface area contributed by atoms with E-state index < -0.39 is 5.97 Å². The first-order valence-corrected chi connectivity index (χ1v) is 5.96. The topological polar surface area (TPSA) is 92.2 Å². The van der Waals surface area contributed by atoms with Crippen LogP contribution in [0.15, 0.2) is 18.6 Å². The van der Waals surface area contributed by atoms with E-state index in [4.69, 9.17) is 5.11 Å². The summed E-state index contributed by atoms with van der Waals surface area (Å²) in [6.07, 6.45) is 5.48. The number of nitrogens with one attached hydrogen (secondary N) is 1. The predicted octanol–water partition coefficient (Wildman–Crippen LogP) is 0.850. The van der Waals surface area contributed by atoms with Crippen LogP contribution in [-0.2, 0) is 4.79 Å². The Morgan fingerprint density at radius 2 is 2.00 bits per heavy atom. The van der Waals surface area contributed by atoms with Crippen molar-refractivity contribution in [2.75, 3.05) is 0 Å². The Kier molecular flexibility index (Phi) is 3.86. The summed E-state index contributed by atoms with van der Waals surface area (Å²) in [5.41, 5.74) is 0.338. The average Bonchev–Trinajstić information content (AvgIpc) is 2.40. The van der Waals surface area contributed by atoms with E-state index in [9.17, 15) is 9.59 Å². The second-order valence-corrected chi connectivity index (χ2v) is 4.45. The van der Waals surface area contributed by atoms with E-state index in [0.29, 0.717) is 31.4 Å². The molecule has 1 aliphatic rings. The Bertz CT molecular complexity index is 427. The van der Waals surface area contributed by atoms with E-state index in [1.807, 2.05) is 0 Å². The number of hydrogen-bond donors (Lipinski definition) is 2. The average molecular weight is 249 g/mol. The highest BCUT2D eigenvalue weighted by atomic mass is 16.4. The normalized spacial score (nSPS) is 23.3. The zero-order chi connectivity index (χ0) is 13.0. The monoisotopic (exact) mass is 249 g/mol. The zero-order valence-electron chi connectivity index (χ0n) is 9.87. The smallest absolute Gasteiger partial charge is 0.306 e. The molecule has 6 nitrogen and oxygen atoms in total. The van der Waals surface area contributed by atoms with Crippen LogP contribution in [0.4, 0.5) is 0 Å². The molecule has 0 atom stereocenters. The summed E-state index contributed by atoms with van der Waals surface area (Å²) in [5, 5.41) is 11.8. The van der Waals surface area contributed by atoms with E-state index in [0.717, 1.165) is 0 Å². The van der Waals surface area contributed by atoms with Crippen molar-refractivity contribution in [2.45, 2.75) is 31.7 Å². The second-order valence-electron chi connectivity index (χ2n) is 4.45. The van der Waals surface area contributed by atoms with Crippen molar-refractivity contribution < 1.29 is 14.7 Å². The van der Waals surface area contributed by atoms with E-state index in [1.54, 1.807) is 6.07 Å². The van der Waals surface area contributed by atoms with E-state index in [1.165, 1.54) is 12.5 Å². The number of rotatable bonds is 3. The summed E-state index contributed by atoms with van der Waals surface area (Å²) >= 11 is 0. The number of hydrogen-bond acceptors (Lipinski definition) is 4. The number of carbonyl (C=O) groups is 2. The van der Waals surface area contributed by atoms with E-state index in [-0.39, 0.29) is 17.9 Å². The van der Waals surface area contributed by atoms with Crippen LogP contribution in [0.3, 0.4) is 0 Å². The SMILES string of the molecule is O=C(NC1CCC(C(=O)O)CC1)c1ccncn1. The molecular formula is C12H15N3O3. The maximum Gasteiger partial charge on any atom is 0.306 e. The summed E-state index contributed by atoms with van der Waals surface area (Å²) in [4.78, 5) is 30.2. The second kappa shape index (κ2) is 5.57. The highest BCUT2D eigenvalue weighted by Gasteiger charge is 2.26. The third kappa shape index (κ3) is 3.03. The Hall–Kier alpha value is -1.98. The largest absolute Gasteiger partial charge is 0.481 e. The van der Waals surface area contributed by atoms with Gasteiger partial charge in [-0.1, -0.05) is 0 Å². The highest BCUT2D eigenvalue weighted by Crippen LogP contribution is 2.24. The fraction of sp³-hybridized carbons (Fsp3) is 0.500. The quantitative estimate of drug-likeness (QED) is 0.828. The number of amides is 1. The molecule has 1 aromatic rings. The number of aromatic nitrogens is 2. The first-order chi connectivity index (χ1) is 8.66. The fourth-order valence-corrected chi connectivity index (χ4v) is 2.17. The summed E-state index contributed by atoms with van der Waals surface area (Å²) < 4.78 is 0. The molecule has 0 radical (unpaired) electrons. The molecule has 1 aromatic heterocycles. The number of carboxylic acids is 1. The molecule has 0 saturated heterocycles. The standard InChI is InChI=1S/C12H15N3O3/c16-11(10-5-6-13-7-14-10)15-9-3-1-8(2-4-9)12(17)18/h5-9H,1-4H2,(H,15,16)(H,17,18). The van der Waals surface area contributed by atoms with Crippen molar-refractivity contribution in [1.29, 1.82) is 0 Å². The molecule has 0 aliphatic heterocycles. The van der Waals surface area contributed by atoms with Crippen molar-refractivity contribution >= 4 is 11.9 Å². The summed E-state index contributed by atoms with van der Waals surface area (Å²) in [6.45, 7) is 0. The minimum atomic E-state index is -0.740. The van der Waals surface area contributed by atoms with Crippen molar-refractivity contribution in [3.05, 3.63) is 24.3 Å². The molecule has 1 fully saturated rings. The lowest BCUT2D eigenvalue weighted by Gasteiger charge is -2.26. The minimum Gasteiger partial charge on any atom is -0.481 e. The van der Waals surface area contributed by atoms with Gasteiger partial charge in [-0.25, -0.2) is 9.97 Å². The van der Waals surface area contributed by atoms with Gasteiger partial charge in [-0.3, -0.25) is 9.59 Å². The lowest BCUT2D eigenvalue weighted by Crippen LogP contribution is -2.39. The maximum atomic E-state index is 11.8. The fourth-order valence-electron chi connectivity index (χ4n) is 2.17. The maximum absolute atomic E-state index is 11.8. The van der Waals surface area contributed by atoms with E-state index in [2.05, 4.69) is 15.3 Å². The summed E-state index contributed by atoms with van der Waals surface area (Å²) in [7, 11) is 0. The van der Waals surface area contributed by atoms with Crippen molar-refractivity contribution in [1.82, 2.24) is 15.3 Å². The molecule has 0 unspecified atom stereocenters. The van der Waals surface area contributed by atoms with Gasteiger partial charge in [0, 0.05) is 12.2 Å². The molecule has 1 amide bonds. The summed E-state index contributed by atoms with van der Waals surface area (Å²) in [5.74, 6) is -1.23. The van der Waals surface area contributed by atoms with Gasteiger partial charge < -0.3 is 10.4 Å². The van der Waals surface area contributed by atoms with Crippen LogP contribution in [-0.4, -0.2) is 33.0 Å². The molecule has 18 heavy (non-hydrogen) atoms.